The summed E-state index contributed by atoms with van der Waals surface area (Å²) in [4.78, 5) is 16.9. The number of carbonyl (C=O) groups excluding carboxylic acids is 1. The first kappa shape index (κ1) is 16.4. The number of hydrogen-bond acceptors (Lipinski definition) is 4. The van der Waals surface area contributed by atoms with Crippen LogP contribution in [0.15, 0.2) is 5.38 Å². The summed E-state index contributed by atoms with van der Waals surface area (Å²) >= 11 is 1.66. The van der Waals surface area contributed by atoms with Crippen molar-refractivity contribution in [3.63, 3.8) is 0 Å². The second-order valence-corrected chi connectivity index (χ2v) is 7.19. The first-order valence-corrected chi connectivity index (χ1v) is 8.90. The van der Waals surface area contributed by atoms with Crippen molar-refractivity contribution in [3.8, 4) is 0 Å². The number of amides is 1. The van der Waals surface area contributed by atoms with E-state index in [0.717, 1.165) is 30.0 Å². The molecule has 1 saturated carbocycles. The summed E-state index contributed by atoms with van der Waals surface area (Å²) in [6, 6.07) is -0.0209. The molecule has 1 amide bonds. The molecule has 0 bridgehead atoms. The van der Waals surface area contributed by atoms with Gasteiger partial charge >= 0.3 is 0 Å². The highest BCUT2D eigenvalue weighted by Crippen LogP contribution is 2.38. The maximum Gasteiger partial charge on any atom is 0.221 e. The average Bonchev–Trinajstić information content (AvgIpc) is 2.97. The van der Waals surface area contributed by atoms with E-state index in [1.54, 1.807) is 11.3 Å². The molecule has 1 aliphatic rings. The molecule has 2 rings (SSSR count). The Kier molecular flexibility index (Phi) is 5.76. The zero-order valence-corrected chi connectivity index (χ0v) is 14.0. The molecule has 4 nitrogen and oxygen atoms in total. The van der Waals surface area contributed by atoms with E-state index < -0.39 is 0 Å². The van der Waals surface area contributed by atoms with Crippen LogP contribution in [0.25, 0.3) is 0 Å². The second kappa shape index (κ2) is 7.36. The number of hydrogen-bond donors (Lipinski definition) is 2. The van der Waals surface area contributed by atoms with Crippen LogP contribution in [0, 0.1) is 5.41 Å². The van der Waals surface area contributed by atoms with Gasteiger partial charge in [-0.05, 0) is 38.1 Å². The Hall–Kier alpha value is -0.940. The van der Waals surface area contributed by atoms with Crippen LogP contribution in [0.2, 0.25) is 0 Å². The summed E-state index contributed by atoms with van der Waals surface area (Å²) < 4.78 is 0. The number of nitrogens with one attached hydrogen (secondary N) is 1. The van der Waals surface area contributed by atoms with Crippen molar-refractivity contribution < 1.29 is 4.79 Å². The molecule has 1 heterocycles. The molecule has 5 heteroatoms. The quantitative estimate of drug-likeness (QED) is 0.848. The van der Waals surface area contributed by atoms with Gasteiger partial charge in [-0.3, -0.25) is 4.79 Å². The second-order valence-electron chi connectivity index (χ2n) is 6.25. The fourth-order valence-electron chi connectivity index (χ4n) is 3.15. The first-order valence-electron chi connectivity index (χ1n) is 8.02. The summed E-state index contributed by atoms with van der Waals surface area (Å²) in [5.74, 6) is 0.112. The molecule has 0 radical (unpaired) electrons. The van der Waals surface area contributed by atoms with Gasteiger partial charge in [0.1, 0.15) is 0 Å². The molecular formula is C16H27N3OS. The van der Waals surface area contributed by atoms with Crippen LogP contribution < -0.4 is 11.1 Å². The van der Waals surface area contributed by atoms with Crippen molar-refractivity contribution in [1.82, 2.24) is 10.3 Å². The number of aryl methyl sites for hydroxylation is 1. The lowest BCUT2D eigenvalue weighted by molar-refractivity contribution is -0.124. The molecule has 1 atom stereocenters. The van der Waals surface area contributed by atoms with E-state index in [1.807, 2.05) is 12.3 Å². The number of nitrogens with two attached hydrogens (primary N) is 1. The van der Waals surface area contributed by atoms with Crippen molar-refractivity contribution in [3.05, 3.63) is 16.1 Å². The molecule has 1 fully saturated rings. The van der Waals surface area contributed by atoms with Gasteiger partial charge in [-0.2, -0.15) is 0 Å². The van der Waals surface area contributed by atoms with E-state index in [-0.39, 0.29) is 17.4 Å². The molecule has 21 heavy (non-hydrogen) atoms. The number of nitrogens with zero attached hydrogens (tertiary/aromatic N) is 1. The minimum atomic E-state index is -0.0209. The van der Waals surface area contributed by atoms with Crippen LogP contribution in [-0.4, -0.2) is 17.4 Å². The van der Waals surface area contributed by atoms with Crippen molar-refractivity contribution in [2.24, 2.45) is 11.1 Å². The molecule has 0 aromatic carbocycles. The SMILES string of the molecule is CCc1nc(C(C)NC(=O)CC2(CN)CCCCC2)cs1. The third-order valence-corrected chi connectivity index (χ3v) is 5.59. The molecule has 0 saturated heterocycles. The standard InChI is InChI=1S/C16H27N3OS/c1-3-15-19-13(10-21-15)12(2)18-14(20)9-16(11-17)7-5-4-6-8-16/h10,12H,3-9,11,17H2,1-2H3,(H,18,20). The van der Waals surface area contributed by atoms with Gasteiger partial charge in [-0.15, -0.1) is 11.3 Å². The normalized spacial score (nSPS) is 19.2. The lowest BCUT2D eigenvalue weighted by Gasteiger charge is -2.35. The average molecular weight is 309 g/mol. The Balaban J connectivity index is 1.91. The van der Waals surface area contributed by atoms with Crippen LogP contribution in [-0.2, 0) is 11.2 Å². The predicted molar refractivity (Wildman–Crippen MR) is 87.2 cm³/mol. The molecule has 118 valence electrons. The number of carbonyl (C=O) groups is 1. The van der Waals surface area contributed by atoms with Gasteiger partial charge in [0.2, 0.25) is 5.91 Å². The van der Waals surface area contributed by atoms with E-state index in [2.05, 4.69) is 17.2 Å². The zero-order chi connectivity index (χ0) is 15.3. The number of rotatable bonds is 6. The summed E-state index contributed by atoms with van der Waals surface area (Å²) in [5, 5.41) is 6.26. The van der Waals surface area contributed by atoms with E-state index in [4.69, 9.17) is 5.73 Å². The topological polar surface area (TPSA) is 68.0 Å². The lowest BCUT2D eigenvalue weighted by Crippen LogP contribution is -2.39. The largest absolute Gasteiger partial charge is 0.348 e. The maximum absolute atomic E-state index is 12.3. The molecule has 0 aliphatic heterocycles. The highest BCUT2D eigenvalue weighted by atomic mass is 32.1. The predicted octanol–water partition coefficient (Wildman–Crippen LogP) is 3.18. The monoisotopic (exact) mass is 309 g/mol. The Morgan fingerprint density at radius 3 is 2.76 bits per heavy atom. The summed E-state index contributed by atoms with van der Waals surface area (Å²) in [7, 11) is 0. The van der Waals surface area contributed by atoms with Gasteiger partial charge in [0.25, 0.3) is 0 Å². The van der Waals surface area contributed by atoms with Crippen LogP contribution in [0.1, 0.15) is 69.1 Å². The highest BCUT2D eigenvalue weighted by Gasteiger charge is 2.33. The Labute approximate surface area is 131 Å². The highest BCUT2D eigenvalue weighted by molar-refractivity contribution is 7.09. The summed E-state index contributed by atoms with van der Waals surface area (Å²) in [6.07, 6.45) is 7.35. The fourth-order valence-corrected chi connectivity index (χ4v) is 3.99. The van der Waals surface area contributed by atoms with Crippen molar-refractivity contribution in [2.45, 2.75) is 64.8 Å². The zero-order valence-electron chi connectivity index (χ0n) is 13.2. The molecule has 1 aromatic rings. The maximum atomic E-state index is 12.3. The van der Waals surface area contributed by atoms with Crippen molar-refractivity contribution in [1.29, 1.82) is 0 Å². The van der Waals surface area contributed by atoms with Crippen molar-refractivity contribution >= 4 is 17.2 Å². The third kappa shape index (κ3) is 4.27. The van der Waals surface area contributed by atoms with Gasteiger partial charge < -0.3 is 11.1 Å². The van der Waals surface area contributed by atoms with E-state index in [9.17, 15) is 4.79 Å². The molecule has 0 spiro atoms. The van der Waals surface area contributed by atoms with Crippen LogP contribution >= 0.6 is 11.3 Å². The van der Waals surface area contributed by atoms with Crippen LogP contribution in [0.4, 0.5) is 0 Å². The Bertz CT molecular complexity index is 466. The molecule has 1 unspecified atom stereocenters. The molecule has 1 aliphatic carbocycles. The molecule has 3 N–H and O–H groups in total. The van der Waals surface area contributed by atoms with Gasteiger partial charge in [0.15, 0.2) is 0 Å². The first-order chi connectivity index (χ1) is 10.1. The van der Waals surface area contributed by atoms with E-state index in [1.165, 1.54) is 19.3 Å². The van der Waals surface area contributed by atoms with Crippen LogP contribution in [0.3, 0.4) is 0 Å². The fraction of sp³-hybridized carbons (Fsp3) is 0.750. The summed E-state index contributed by atoms with van der Waals surface area (Å²) in [5.41, 5.74) is 6.95. The van der Waals surface area contributed by atoms with E-state index in [0.29, 0.717) is 13.0 Å². The molecular weight excluding hydrogens is 282 g/mol. The Morgan fingerprint density at radius 2 is 2.19 bits per heavy atom. The Morgan fingerprint density at radius 1 is 1.48 bits per heavy atom. The van der Waals surface area contributed by atoms with Gasteiger partial charge in [0.05, 0.1) is 16.7 Å². The third-order valence-electron chi connectivity index (χ3n) is 4.58. The molecule has 1 aromatic heterocycles. The van der Waals surface area contributed by atoms with Gasteiger partial charge in [0, 0.05) is 11.8 Å². The number of thiazole rings is 1. The smallest absolute Gasteiger partial charge is 0.221 e. The van der Waals surface area contributed by atoms with Gasteiger partial charge in [-0.1, -0.05) is 26.2 Å². The van der Waals surface area contributed by atoms with E-state index >= 15 is 0 Å². The number of aromatic nitrogens is 1. The summed E-state index contributed by atoms with van der Waals surface area (Å²) in [6.45, 7) is 4.72. The lowest BCUT2D eigenvalue weighted by atomic mass is 9.71. The van der Waals surface area contributed by atoms with Crippen LogP contribution in [0.5, 0.6) is 0 Å². The minimum absolute atomic E-state index is 0.0209. The van der Waals surface area contributed by atoms with Gasteiger partial charge in [-0.25, -0.2) is 4.98 Å². The van der Waals surface area contributed by atoms with Crippen molar-refractivity contribution in [2.75, 3.05) is 6.54 Å². The minimum Gasteiger partial charge on any atom is -0.348 e.